The van der Waals surface area contributed by atoms with Gasteiger partial charge < -0.3 is 9.63 Å². The minimum atomic E-state index is -6.35. The Bertz CT molecular complexity index is 1200. The van der Waals surface area contributed by atoms with Gasteiger partial charge in [0.1, 0.15) is 17.0 Å². The monoisotopic (exact) mass is 489 g/mol. The number of carbonyl (C=O) groups is 1. The lowest BCUT2D eigenvalue weighted by Crippen LogP contribution is -2.36. The first kappa shape index (κ1) is 23.5. The van der Waals surface area contributed by atoms with E-state index >= 15 is 0 Å². The van der Waals surface area contributed by atoms with Gasteiger partial charge in [-0.2, -0.15) is 40.2 Å². The maximum Gasteiger partial charge on any atom is 0.459 e. The number of rotatable bonds is 4. The smallest absolute Gasteiger partial charge is 0.459 e. The summed E-state index contributed by atoms with van der Waals surface area (Å²) in [6, 6.07) is 4.22. The summed E-state index contributed by atoms with van der Waals surface area (Å²) in [5, 5.41) is 15.2. The van der Waals surface area contributed by atoms with E-state index in [-0.39, 0.29) is 26.5 Å². The molecule has 0 unspecified atom stereocenters. The van der Waals surface area contributed by atoms with Crippen molar-refractivity contribution in [1.82, 2.24) is 14.9 Å². The molecule has 0 amide bonds. The van der Waals surface area contributed by atoms with Gasteiger partial charge in [0.2, 0.25) is 0 Å². The summed E-state index contributed by atoms with van der Waals surface area (Å²) in [5.74, 6) is -8.17. The first-order valence-corrected chi connectivity index (χ1v) is 8.53. The molecule has 15 heteroatoms. The molecule has 1 N–H and O–H groups in total. The molecule has 0 atom stereocenters. The van der Waals surface area contributed by atoms with Crippen molar-refractivity contribution in [3.05, 3.63) is 46.1 Å². The highest BCUT2D eigenvalue weighted by Crippen LogP contribution is 2.50. The second kappa shape index (κ2) is 7.46. The van der Waals surface area contributed by atoms with Gasteiger partial charge in [0, 0.05) is 18.7 Å². The fourth-order valence-electron chi connectivity index (χ4n) is 2.80. The quantitative estimate of drug-likeness (QED) is 0.471. The van der Waals surface area contributed by atoms with Crippen LogP contribution < -0.4 is 0 Å². The second-order valence-corrected chi connectivity index (χ2v) is 6.75. The number of nitrogens with zero attached hydrogens (tertiary/aromatic N) is 3. The number of hydrogen-bond donors (Lipinski definition) is 1. The second-order valence-electron chi connectivity index (χ2n) is 6.34. The zero-order valence-electron chi connectivity index (χ0n) is 15.3. The maximum absolute atomic E-state index is 13.8. The number of benzene rings is 1. The molecule has 0 aliphatic heterocycles. The van der Waals surface area contributed by atoms with E-state index in [2.05, 4.69) is 10.3 Å². The zero-order valence-corrected chi connectivity index (χ0v) is 16.1. The topological polar surface area (TPSA) is 81.2 Å². The van der Waals surface area contributed by atoms with Gasteiger partial charge in [0.05, 0.1) is 10.6 Å². The van der Waals surface area contributed by atoms with Crippen LogP contribution in [0.3, 0.4) is 0 Å². The van der Waals surface area contributed by atoms with Crippen molar-refractivity contribution in [1.29, 1.82) is 0 Å². The Balaban J connectivity index is 2.20. The van der Waals surface area contributed by atoms with E-state index in [0.717, 1.165) is 18.2 Å². The minimum absolute atomic E-state index is 0.0124. The summed E-state index contributed by atoms with van der Waals surface area (Å²) in [7, 11) is 0.716. The summed E-state index contributed by atoms with van der Waals surface area (Å²) >= 11 is 5.73. The van der Waals surface area contributed by atoms with Crippen molar-refractivity contribution >= 4 is 17.6 Å². The predicted molar refractivity (Wildman–Crippen MR) is 91.1 cm³/mol. The van der Waals surface area contributed by atoms with E-state index in [0.29, 0.717) is 7.05 Å². The van der Waals surface area contributed by atoms with Crippen LogP contribution in [0, 0.1) is 0 Å². The minimum Gasteiger partial charge on any atom is -0.478 e. The van der Waals surface area contributed by atoms with Crippen molar-refractivity contribution in [3.63, 3.8) is 0 Å². The first-order chi connectivity index (χ1) is 14.6. The highest BCUT2D eigenvalue weighted by Gasteiger charge is 2.64. The van der Waals surface area contributed by atoms with E-state index in [1.807, 2.05) is 0 Å². The largest absolute Gasteiger partial charge is 0.478 e. The zero-order chi connectivity index (χ0) is 24.2. The average Bonchev–Trinajstić information content (AvgIpc) is 3.25. The lowest BCUT2D eigenvalue weighted by molar-refractivity contribution is -0.292. The van der Waals surface area contributed by atoms with Gasteiger partial charge in [0.25, 0.3) is 0 Å². The number of aryl methyl sites for hydroxylation is 1. The summed E-state index contributed by atoms with van der Waals surface area (Å²) in [6.07, 6.45) is -12.0. The molecule has 2 heterocycles. The SMILES string of the molecule is Cn1nc(C(F)(F)C(F)(F)F)c(C(F)(F)F)c1-c1cc(-c2ccc(Cl)c(C(=O)O)c2)no1. The number of carboxylic acid groups (broad SMARTS) is 1. The van der Waals surface area contributed by atoms with Crippen LogP contribution in [0.2, 0.25) is 5.02 Å². The molecule has 0 aliphatic rings. The normalized spacial score (nSPS) is 12.9. The summed E-state index contributed by atoms with van der Waals surface area (Å²) in [6.45, 7) is 0. The highest BCUT2D eigenvalue weighted by molar-refractivity contribution is 6.33. The van der Waals surface area contributed by atoms with Crippen molar-refractivity contribution in [2.24, 2.45) is 7.05 Å². The van der Waals surface area contributed by atoms with Crippen LogP contribution in [-0.4, -0.2) is 32.2 Å². The van der Waals surface area contributed by atoms with Crippen LogP contribution in [0.15, 0.2) is 28.8 Å². The lowest BCUT2D eigenvalue weighted by Gasteiger charge is -2.19. The van der Waals surface area contributed by atoms with E-state index in [1.54, 1.807) is 0 Å². The summed E-state index contributed by atoms with van der Waals surface area (Å²) < 4.78 is 111. The van der Waals surface area contributed by atoms with Gasteiger partial charge in [0.15, 0.2) is 11.5 Å². The molecule has 0 radical (unpaired) electrons. The van der Waals surface area contributed by atoms with Gasteiger partial charge in [-0.05, 0) is 12.1 Å². The van der Waals surface area contributed by atoms with Crippen LogP contribution in [0.5, 0.6) is 0 Å². The van der Waals surface area contributed by atoms with Crippen molar-refractivity contribution < 1.29 is 49.5 Å². The molecule has 2 aromatic heterocycles. The number of alkyl halides is 8. The van der Waals surface area contributed by atoms with Crippen LogP contribution in [0.4, 0.5) is 35.1 Å². The molecule has 172 valence electrons. The predicted octanol–water partition coefficient (Wildman–Crippen LogP) is 5.77. The van der Waals surface area contributed by atoms with E-state index in [9.17, 15) is 39.9 Å². The third-order valence-corrected chi connectivity index (χ3v) is 4.55. The standard InChI is InChI=1S/C17H8ClF8N3O3/c1-29-12(11(16(21,22)23)13(27-29)15(19,20)17(24,25)26)10-5-9(28-32-10)6-2-3-8(18)7(4-6)14(30)31/h2-5H,1H3,(H,30,31). The fourth-order valence-corrected chi connectivity index (χ4v) is 3.00. The lowest BCUT2D eigenvalue weighted by atomic mass is 10.0. The third kappa shape index (κ3) is 3.89. The highest BCUT2D eigenvalue weighted by atomic mass is 35.5. The first-order valence-electron chi connectivity index (χ1n) is 8.15. The molecule has 0 saturated carbocycles. The maximum atomic E-state index is 13.8. The third-order valence-electron chi connectivity index (χ3n) is 4.22. The molecule has 0 bridgehead atoms. The number of hydrogen-bond acceptors (Lipinski definition) is 4. The fraction of sp³-hybridized carbons (Fsp3) is 0.235. The van der Waals surface area contributed by atoms with E-state index in [1.165, 1.54) is 6.07 Å². The number of aromatic nitrogens is 3. The van der Waals surface area contributed by atoms with E-state index in [4.69, 9.17) is 21.2 Å². The molecule has 3 aromatic rings. The van der Waals surface area contributed by atoms with Crippen molar-refractivity contribution in [2.75, 3.05) is 0 Å². The van der Waals surface area contributed by atoms with E-state index < -0.39 is 47.0 Å². The Morgan fingerprint density at radius 3 is 2.25 bits per heavy atom. The average molecular weight is 490 g/mol. The Morgan fingerprint density at radius 1 is 1.09 bits per heavy atom. The molecule has 6 nitrogen and oxygen atoms in total. The molecular weight excluding hydrogens is 482 g/mol. The molecule has 32 heavy (non-hydrogen) atoms. The molecule has 3 rings (SSSR count). The number of carboxylic acids is 1. The van der Waals surface area contributed by atoms with Crippen LogP contribution in [-0.2, 0) is 19.1 Å². The van der Waals surface area contributed by atoms with Crippen LogP contribution in [0.1, 0.15) is 21.6 Å². The van der Waals surface area contributed by atoms with Crippen molar-refractivity contribution in [3.8, 4) is 22.7 Å². The van der Waals surface area contributed by atoms with Gasteiger partial charge in [-0.25, -0.2) is 4.79 Å². The van der Waals surface area contributed by atoms with Crippen LogP contribution in [0.25, 0.3) is 22.7 Å². The molecule has 1 aromatic carbocycles. The Morgan fingerprint density at radius 2 is 1.72 bits per heavy atom. The molecule has 0 saturated heterocycles. The van der Waals surface area contributed by atoms with Gasteiger partial charge in [-0.3, -0.25) is 4.68 Å². The number of halogens is 9. The van der Waals surface area contributed by atoms with Crippen molar-refractivity contribution in [2.45, 2.75) is 18.3 Å². The molecule has 0 aliphatic carbocycles. The Hall–Kier alpha value is -3.16. The molecule has 0 fully saturated rings. The molecule has 0 spiro atoms. The van der Waals surface area contributed by atoms with Gasteiger partial charge in [-0.15, -0.1) is 0 Å². The number of aromatic carboxylic acids is 1. The van der Waals surface area contributed by atoms with Gasteiger partial charge >= 0.3 is 24.2 Å². The summed E-state index contributed by atoms with van der Waals surface area (Å²) in [5.41, 5.74) is -6.74. The summed E-state index contributed by atoms with van der Waals surface area (Å²) in [4.78, 5) is 11.2. The Labute approximate surface area is 177 Å². The van der Waals surface area contributed by atoms with Crippen LogP contribution >= 0.6 is 11.6 Å². The van der Waals surface area contributed by atoms with Gasteiger partial charge in [-0.1, -0.05) is 22.8 Å². The Kier molecular flexibility index (Phi) is 5.48. The molecular formula is C17H8ClF8N3O3.